The van der Waals surface area contributed by atoms with Crippen LogP contribution in [0.5, 0.6) is 0 Å². The van der Waals surface area contributed by atoms with Crippen molar-refractivity contribution in [2.75, 3.05) is 5.32 Å². The molecular weight excluding hydrogens is 410 g/mol. The van der Waals surface area contributed by atoms with Crippen molar-refractivity contribution < 1.29 is 22.0 Å². The van der Waals surface area contributed by atoms with Gasteiger partial charge in [-0.2, -0.15) is 0 Å². The van der Waals surface area contributed by atoms with Gasteiger partial charge in [0.25, 0.3) is 5.91 Å². The molecule has 0 heterocycles. The SMILES string of the molecule is CC(C)S(=O)(=O)N[C@H]1CCc2c(C(=O)Nc3ccc(F)c(Cl)c3)ccc(F)c21. The number of fused-ring (bicyclic) bond motifs is 1. The highest BCUT2D eigenvalue weighted by Gasteiger charge is 2.33. The molecule has 1 aliphatic rings. The number of benzene rings is 2. The Morgan fingerprint density at radius 2 is 1.86 bits per heavy atom. The topological polar surface area (TPSA) is 75.3 Å². The lowest BCUT2D eigenvalue weighted by atomic mass is 10.0. The average Bonchev–Trinajstić information content (AvgIpc) is 3.02. The first-order chi connectivity index (χ1) is 13.1. The van der Waals surface area contributed by atoms with Gasteiger partial charge in [0.15, 0.2) is 0 Å². The van der Waals surface area contributed by atoms with E-state index in [1.165, 1.54) is 32.0 Å². The lowest BCUT2D eigenvalue weighted by Gasteiger charge is -2.17. The Bertz CT molecular complexity index is 1040. The molecule has 0 aliphatic heterocycles. The summed E-state index contributed by atoms with van der Waals surface area (Å²) >= 11 is 5.72. The number of hydrogen-bond donors (Lipinski definition) is 2. The highest BCUT2D eigenvalue weighted by atomic mass is 35.5. The molecular formula is C19H19ClF2N2O3S. The van der Waals surface area contributed by atoms with E-state index in [2.05, 4.69) is 10.0 Å². The molecule has 1 aliphatic carbocycles. The van der Waals surface area contributed by atoms with Crippen molar-refractivity contribution in [1.29, 1.82) is 0 Å². The van der Waals surface area contributed by atoms with Crippen LogP contribution in [0.3, 0.4) is 0 Å². The lowest BCUT2D eigenvalue weighted by molar-refractivity contribution is 0.102. The Kier molecular flexibility index (Phi) is 5.74. The highest BCUT2D eigenvalue weighted by molar-refractivity contribution is 7.90. The van der Waals surface area contributed by atoms with Gasteiger partial charge in [0.05, 0.1) is 16.3 Å². The number of carbonyl (C=O) groups excluding carboxylic acids is 1. The van der Waals surface area contributed by atoms with E-state index in [0.717, 1.165) is 12.1 Å². The second kappa shape index (κ2) is 7.77. The Labute approximate surface area is 167 Å². The molecule has 2 N–H and O–H groups in total. The second-order valence-electron chi connectivity index (χ2n) is 6.87. The monoisotopic (exact) mass is 428 g/mol. The normalized spacial score (nSPS) is 16.3. The van der Waals surface area contributed by atoms with Crippen LogP contribution in [-0.2, 0) is 16.4 Å². The molecule has 0 saturated carbocycles. The standard InChI is InChI=1S/C19H19ClF2N2O3S/c1-10(2)28(26,27)24-17-8-5-12-13(4-7-16(22)18(12)17)19(25)23-11-3-6-15(21)14(20)9-11/h3-4,6-7,9-10,17,24H,5,8H2,1-2H3,(H,23,25)/t17-/m0/s1. The molecule has 0 spiro atoms. The fraction of sp³-hybridized carbons (Fsp3) is 0.316. The molecule has 5 nitrogen and oxygen atoms in total. The van der Waals surface area contributed by atoms with E-state index in [1.54, 1.807) is 0 Å². The summed E-state index contributed by atoms with van der Waals surface area (Å²) in [7, 11) is -3.60. The summed E-state index contributed by atoms with van der Waals surface area (Å²) in [5.74, 6) is -1.68. The maximum atomic E-state index is 14.5. The van der Waals surface area contributed by atoms with Gasteiger partial charge in [-0.15, -0.1) is 0 Å². The van der Waals surface area contributed by atoms with Crippen molar-refractivity contribution in [3.05, 3.63) is 63.7 Å². The van der Waals surface area contributed by atoms with Crippen LogP contribution < -0.4 is 10.0 Å². The van der Waals surface area contributed by atoms with E-state index in [4.69, 9.17) is 11.6 Å². The smallest absolute Gasteiger partial charge is 0.255 e. The Balaban J connectivity index is 1.90. The highest BCUT2D eigenvalue weighted by Crippen LogP contribution is 2.36. The van der Waals surface area contributed by atoms with Crippen LogP contribution in [0.15, 0.2) is 30.3 Å². The molecule has 0 bridgehead atoms. The minimum atomic E-state index is -3.60. The second-order valence-corrected chi connectivity index (χ2v) is 9.55. The van der Waals surface area contributed by atoms with Crippen molar-refractivity contribution >= 4 is 33.2 Å². The van der Waals surface area contributed by atoms with Crippen LogP contribution in [0.4, 0.5) is 14.5 Å². The Morgan fingerprint density at radius 3 is 2.50 bits per heavy atom. The van der Waals surface area contributed by atoms with Gasteiger partial charge >= 0.3 is 0 Å². The number of nitrogens with one attached hydrogen (secondary N) is 2. The minimum absolute atomic E-state index is 0.134. The number of hydrogen-bond acceptors (Lipinski definition) is 3. The zero-order chi connectivity index (χ0) is 20.6. The molecule has 3 rings (SSSR count). The van der Waals surface area contributed by atoms with Gasteiger partial charge in [0, 0.05) is 16.8 Å². The van der Waals surface area contributed by atoms with Gasteiger partial charge in [0.2, 0.25) is 10.0 Å². The zero-order valence-electron chi connectivity index (χ0n) is 15.2. The van der Waals surface area contributed by atoms with E-state index >= 15 is 0 Å². The molecule has 0 saturated heterocycles. The fourth-order valence-electron chi connectivity index (χ4n) is 3.15. The maximum absolute atomic E-state index is 14.5. The molecule has 9 heteroatoms. The van der Waals surface area contributed by atoms with Crippen LogP contribution >= 0.6 is 11.6 Å². The lowest BCUT2D eigenvalue weighted by Crippen LogP contribution is -2.33. The predicted molar refractivity (Wildman–Crippen MR) is 104 cm³/mol. The summed E-state index contributed by atoms with van der Waals surface area (Å²) in [5, 5.41) is 1.81. The number of sulfonamides is 1. The van der Waals surface area contributed by atoms with E-state index in [9.17, 15) is 22.0 Å². The van der Waals surface area contributed by atoms with E-state index in [-0.39, 0.29) is 16.1 Å². The van der Waals surface area contributed by atoms with Gasteiger partial charge in [-0.05, 0) is 62.6 Å². The third-order valence-electron chi connectivity index (χ3n) is 4.68. The summed E-state index contributed by atoms with van der Waals surface area (Å²) in [6, 6.07) is 5.54. The molecule has 2 aromatic rings. The molecule has 0 fully saturated rings. The van der Waals surface area contributed by atoms with Gasteiger partial charge in [-0.1, -0.05) is 11.6 Å². The molecule has 0 unspecified atom stereocenters. The molecule has 28 heavy (non-hydrogen) atoms. The van der Waals surface area contributed by atoms with E-state index in [0.29, 0.717) is 24.1 Å². The summed E-state index contributed by atoms with van der Waals surface area (Å²) in [6.07, 6.45) is 0.705. The van der Waals surface area contributed by atoms with Crippen molar-refractivity contribution in [2.24, 2.45) is 0 Å². The van der Waals surface area contributed by atoms with Gasteiger partial charge in [-0.3, -0.25) is 4.79 Å². The van der Waals surface area contributed by atoms with Gasteiger partial charge < -0.3 is 5.32 Å². The van der Waals surface area contributed by atoms with Crippen molar-refractivity contribution in [1.82, 2.24) is 4.72 Å². The third kappa shape index (κ3) is 4.04. The van der Waals surface area contributed by atoms with Crippen LogP contribution in [0.1, 0.15) is 47.8 Å². The number of halogens is 3. The first-order valence-corrected chi connectivity index (χ1v) is 10.6. The first-order valence-electron chi connectivity index (χ1n) is 8.69. The first kappa shape index (κ1) is 20.7. The molecule has 1 atom stereocenters. The predicted octanol–water partition coefficient (Wildman–Crippen LogP) is 4.19. The fourth-order valence-corrected chi connectivity index (χ4v) is 4.24. The molecule has 150 valence electrons. The number of carbonyl (C=O) groups is 1. The Morgan fingerprint density at radius 1 is 1.18 bits per heavy atom. The van der Waals surface area contributed by atoms with Gasteiger partial charge in [0.1, 0.15) is 11.6 Å². The summed E-state index contributed by atoms with van der Waals surface area (Å²) in [6.45, 7) is 3.07. The quantitative estimate of drug-likeness (QED) is 0.750. The average molecular weight is 429 g/mol. The van der Waals surface area contributed by atoms with Gasteiger partial charge in [-0.25, -0.2) is 21.9 Å². The maximum Gasteiger partial charge on any atom is 0.255 e. The van der Waals surface area contributed by atoms with E-state index < -0.39 is 38.9 Å². The Hall–Kier alpha value is -2.03. The number of rotatable bonds is 5. The minimum Gasteiger partial charge on any atom is -0.322 e. The van der Waals surface area contributed by atoms with Crippen molar-refractivity contribution in [2.45, 2.75) is 38.0 Å². The van der Waals surface area contributed by atoms with Crippen LogP contribution in [0.2, 0.25) is 5.02 Å². The van der Waals surface area contributed by atoms with Crippen LogP contribution in [0.25, 0.3) is 0 Å². The molecule has 0 radical (unpaired) electrons. The summed E-state index contributed by atoms with van der Waals surface area (Å²) in [5.41, 5.74) is 1.18. The number of anilines is 1. The molecule has 1 amide bonds. The molecule has 2 aromatic carbocycles. The number of amides is 1. The largest absolute Gasteiger partial charge is 0.322 e. The molecule has 0 aromatic heterocycles. The van der Waals surface area contributed by atoms with Crippen LogP contribution in [-0.4, -0.2) is 19.6 Å². The van der Waals surface area contributed by atoms with Crippen LogP contribution in [0, 0.1) is 11.6 Å². The summed E-state index contributed by atoms with van der Waals surface area (Å²) in [4.78, 5) is 12.7. The third-order valence-corrected chi connectivity index (χ3v) is 6.83. The summed E-state index contributed by atoms with van der Waals surface area (Å²) < 4.78 is 54.6. The zero-order valence-corrected chi connectivity index (χ0v) is 16.8. The van der Waals surface area contributed by atoms with Crippen molar-refractivity contribution in [3.8, 4) is 0 Å². The van der Waals surface area contributed by atoms with E-state index in [1.807, 2.05) is 0 Å². The van der Waals surface area contributed by atoms with Crippen molar-refractivity contribution in [3.63, 3.8) is 0 Å².